The van der Waals surface area contributed by atoms with Crippen molar-refractivity contribution in [3.8, 4) is 6.07 Å². The molecule has 1 saturated heterocycles. The zero-order valence-corrected chi connectivity index (χ0v) is 15.8. The molecular formula is C21H20N4OS. The molecule has 3 heterocycles. The minimum absolute atomic E-state index is 0.538. The Kier molecular flexibility index (Phi) is 4.97. The fraction of sp³-hybridized carbons (Fsp3) is 0.286. The lowest BCUT2D eigenvalue weighted by Gasteiger charge is -2.30. The van der Waals surface area contributed by atoms with Gasteiger partial charge < -0.3 is 4.74 Å². The van der Waals surface area contributed by atoms with Gasteiger partial charge in [0.25, 0.3) is 0 Å². The standard InChI is InChI=1S/C21H20N4OS/c1-23-25-11-3-4-16-14-17(7-8-18(16)25)27-20-6-2-5-19(24-20)21(15-22)9-12-26-13-10-21/h2-8,14H,1,9-13H2. The van der Waals surface area contributed by atoms with Gasteiger partial charge >= 0.3 is 0 Å². The van der Waals surface area contributed by atoms with Crippen molar-refractivity contribution in [3.05, 3.63) is 53.7 Å². The molecule has 136 valence electrons. The first-order valence-electron chi connectivity index (χ1n) is 8.93. The fourth-order valence-corrected chi connectivity index (χ4v) is 4.33. The number of nitrogens with zero attached hydrogens (tertiary/aromatic N) is 4. The SMILES string of the molecule is C=NN1CC=Cc2cc(Sc3cccc(C4(C#N)CCOCC4)n3)ccc21. The molecule has 1 fully saturated rings. The monoisotopic (exact) mass is 376 g/mol. The Bertz CT molecular complexity index is 928. The molecule has 0 radical (unpaired) electrons. The second-order valence-corrected chi connectivity index (χ2v) is 7.71. The van der Waals surface area contributed by atoms with Crippen LogP contribution in [0.15, 0.2) is 57.5 Å². The van der Waals surface area contributed by atoms with E-state index >= 15 is 0 Å². The third-order valence-electron chi connectivity index (χ3n) is 5.02. The Morgan fingerprint density at radius 3 is 2.89 bits per heavy atom. The number of hydrogen-bond acceptors (Lipinski definition) is 6. The minimum atomic E-state index is -0.538. The van der Waals surface area contributed by atoms with Crippen LogP contribution in [0.3, 0.4) is 0 Å². The van der Waals surface area contributed by atoms with E-state index in [0.717, 1.165) is 33.4 Å². The molecule has 0 spiro atoms. The number of hydrazone groups is 1. The first-order valence-corrected chi connectivity index (χ1v) is 9.75. The van der Waals surface area contributed by atoms with Crippen molar-refractivity contribution < 1.29 is 4.74 Å². The maximum atomic E-state index is 9.78. The van der Waals surface area contributed by atoms with Crippen molar-refractivity contribution in [3.63, 3.8) is 0 Å². The van der Waals surface area contributed by atoms with Crippen LogP contribution in [-0.2, 0) is 10.2 Å². The van der Waals surface area contributed by atoms with Gasteiger partial charge in [-0.1, -0.05) is 30.0 Å². The van der Waals surface area contributed by atoms with Crippen LogP contribution in [0.5, 0.6) is 0 Å². The van der Waals surface area contributed by atoms with Gasteiger partial charge in [0.15, 0.2) is 0 Å². The highest BCUT2D eigenvalue weighted by molar-refractivity contribution is 7.99. The number of fused-ring (bicyclic) bond motifs is 1. The number of nitriles is 1. The summed E-state index contributed by atoms with van der Waals surface area (Å²) in [6.45, 7) is 5.59. The summed E-state index contributed by atoms with van der Waals surface area (Å²) >= 11 is 1.61. The molecule has 0 N–H and O–H groups in total. The molecule has 1 aromatic heterocycles. The van der Waals surface area contributed by atoms with Crippen molar-refractivity contribution in [2.45, 2.75) is 28.2 Å². The molecule has 0 amide bonds. The summed E-state index contributed by atoms with van der Waals surface area (Å²) in [6, 6.07) is 14.7. The smallest absolute Gasteiger partial charge is 0.104 e. The summed E-state index contributed by atoms with van der Waals surface area (Å²) in [5.74, 6) is 0. The van der Waals surface area contributed by atoms with Crippen LogP contribution in [0.4, 0.5) is 5.69 Å². The maximum Gasteiger partial charge on any atom is 0.104 e. The van der Waals surface area contributed by atoms with Crippen LogP contribution < -0.4 is 5.01 Å². The molecule has 0 unspecified atom stereocenters. The molecule has 0 aliphatic carbocycles. The van der Waals surface area contributed by atoms with E-state index in [-0.39, 0.29) is 0 Å². The number of aromatic nitrogens is 1. The normalized spacial score (nSPS) is 17.8. The minimum Gasteiger partial charge on any atom is -0.381 e. The average molecular weight is 376 g/mol. The lowest BCUT2D eigenvalue weighted by molar-refractivity contribution is 0.0662. The number of pyridine rings is 1. The van der Waals surface area contributed by atoms with E-state index in [1.165, 1.54) is 0 Å². The molecule has 0 bridgehead atoms. The van der Waals surface area contributed by atoms with Gasteiger partial charge in [0, 0.05) is 30.4 Å². The number of rotatable bonds is 4. The highest BCUT2D eigenvalue weighted by Crippen LogP contribution is 2.36. The van der Waals surface area contributed by atoms with Crippen LogP contribution in [0.2, 0.25) is 0 Å². The molecule has 4 rings (SSSR count). The van der Waals surface area contributed by atoms with E-state index in [1.807, 2.05) is 23.2 Å². The topological polar surface area (TPSA) is 61.5 Å². The van der Waals surface area contributed by atoms with Crippen LogP contribution in [0.25, 0.3) is 6.08 Å². The second kappa shape index (κ2) is 7.55. The van der Waals surface area contributed by atoms with E-state index in [9.17, 15) is 5.26 Å². The van der Waals surface area contributed by atoms with Crippen molar-refractivity contribution in [2.24, 2.45) is 5.10 Å². The van der Waals surface area contributed by atoms with Gasteiger partial charge in [-0.2, -0.15) is 10.4 Å². The van der Waals surface area contributed by atoms with E-state index in [4.69, 9.17) is 9.72 Å². The summed E-state index contributed by atoms with van der Waals surface area (Å²) in [7, 11) is 0. The summed E-state index contributed by atoms with van der Waals surface area (Å²) in [6.07, 6.45) is 5.57. The number of benzene rings is 1. The molecule has 5 nitrogen and oxygen atoms in total. The largest absolute Gasteiger partial charge is 0.381 e. The van der Waals surface area contributed by atoms with E-state index in [0.29, 0.717) is 26.1 Å². The highest BCUT2D eigenvalue weighted by atomic mass is 32.2. The van der Waals surface area contributed by atoms with Gasteiger partial charge in [0.2, 0.25) is 0 Å². The number of hydrogen-bond donors (Lipinski definition) is 0. The van der Waals surface area contributed by atoms with Crippen LogP contribution >= 0.6 is 11.8 Å². The molecule has 2 aliphatic rings. The highest BCUT2D eigenvalue weighted by Gasteiger charge is 2.36. The lowest BCUT2D eigenvalue weighted by atomic mass is 9.78. The molecule has 27 heavy (non-hydrogen) atoms. The molecule has 2 aromatic rings. The Hall–Kier alpha value is -2.62. The third kappa shape index (κ3) is 3.48. The molecular weight excluding hydrogens is 356 g/mol. The first kappa shape index (κ1) is 17.8. The van der Waals surface area contributed by atoms with Gasteiger partial charge in [0.1, 0.15) is 10.4 Å². The zero-order chi connectivity index (χ0) is 18.7. The average Bonchev–Trinajstić information content (AvgIpc) is 2.74. The van der Waals surface area contributed by atoms with Crippen LogP contribution in [0, 0.1) is 11.3 Å². The number of ether oxygens (including phenoxy) is 1. The quantitative estimate of drug-likeness (QED) is 0.747. The van der Waals surface area contributed by atoms with Crippen molar-refractivity contribution in [2.75, 3.05) is 24.8 Å². The predicted octanol–water partition coefficient (Wildman–Crippen LogP) is 4.25. The molecule has 2 aliphatic heterocycles. The molecule has 0 atom stereocenters. The van der Waals surface area contributed by atoms with Gasteiger partial charge in [-0.15, -0.1) is 0 Å². The van der Waals surface area contributed by atoms with E-state index < -0.39 is 5.41 Å². The van der Waals surface area contributed by atoms with Gasteiger partial charge in [-0.05, 0) is 43.2 Å². The van der Waals surface area contributed by atoms with Crippen molar-refractivity contribution in [1.82, 2.24) is 4.98 Å². The van der Waals surface area contributed by atoms with Gasteiger partial charge in [-0.3, -0.25) is 5.01 Å². The van der Waals surface area contributed by atoms with Crippen molar-refractivity contribution >= 4 is 30.2 Å². The number of anilines is 1. The zero-order valence-electron chi connectivity index (χ0n) is 15.0. The molecule has 0 saturated carbocycles. The van der Waals surface area contributed by atoms with E-state index in [1.54, 1.807) is 11.8 Å². The van der Waals surface area contributed by atoms with Crippen LogP contribution in [-0.4, -0.2) is 31.5 Å². The second-order valence-electron chi connectivity index (χ2n) is 6.62. The Labute approximate surface area is 163 Å². The summed E-state index contributed by atoms with van der Waals surface area (Å²) in [4.78, 5) is 5.91. The summed E-state index contributed by atoms with van der Waals surface area (Å²) in [5.41, 5.74) is 2.49. The van der Waals surface area contributed by atoms with Crippen molar-refractivity contribution in [1.29, 1.82) is 5.26 Å². The third-order valence-corrected chi connectivity index (χ3v) is 5.95. The molecule has 6 heteroatoms. The Morgan fingerprint density at radius 2 is 2.11 bits per heavy atom. The molecule has 1 aromatic carbocycles. The van der Waals surface area contributed by atoms with Gasteiger partial charge in [-0.25, -0.2) is 4.98 Å². The van der Waals surface area contributed by atoms with E-state index in [2.05, 4.69) is 48.2 Å². The first-order chi connectivity index (χ1) is 13.2. The Balaban J connectivity index is 1.60. The maximum absolute atomic E-state index is 9.78. The Morgan fingerprint density at radius 1 is 1.26 bits per heavy atom. The van der Waals surface area contributed by atoms with Gasteiger partial charge in [0.05, 0.1) is 24.0 Å². The van der Waals surface area contributed by atoms with Crippen LogP contribution in [0.1, 0.15) is 24.1 Å². The lowest BCUT2D eigenvalue weighted by Crippen LogP contribution is -2.33. The fourth-order valence-electron chi connectivity index (χ4n) is 3.48. The summed E-state index contributed by atoms with van der Waals surface area (Å²) in [5, 5.41) is 16.6. The summed E-state index contributed by atoms with van der Waals surface area (Å²) < 4.78 is 5.44. The predicted molar refractivity (Wildman–Crippen MR) is 108 cm³/mol.